The molecule has 2 aromatic rings. The standard InChI is InChI=1S/C14H14ClN3O3S/c1-8-4-12(22-18-8)17-13(19)9-5-11(15)14(16-6-9)21-10-2-3-20-7-10/h4-6,10H,2-3,7H2,1H3,(H,17,19)/t10-/m1/s1. The fourth-order valence-corrected chi connectivity index (χ4v) is 2.87. The quantitative estimate of drug-likeness (QED) is 0.927. The predicted octanol–water partition coefficient (Wildman–Crippen LogP) is 2.92. The molecular weight excluding hydrogens is 326 g/mol. The molecule has 0 aromatic carbocycles. The number of nitrogens with zero attached hydrogens (tertiary/aromatic N) is 2. The van der Waals surface area contributed by atoms with Gasteiger partial charge in [-0.1, -0.05) is 11.6 Å². The molecule has 0 radical (unpaired) electrons. The molecule has 1 saturated heterocycles. The van der Waals surface area contributed by atoms with Gasteiger partial charge in [-0.3, -0.25) is 4.79 Å². The third kappa shape index (κ3) is 3.55. The summed E-state index contributed by atoms with van der Waals surface area (Å²) in [5, 5.41) is 3.74. The van der Waals surface area contributed by atoms with Gasteiger partial charge in [-0.25, -0.2) is 4.98 Å². The van der Waals surface area contributed by atoms with Crippen molar-refractivity contribution >= 4 is 34.0 Å². The summed E-state index contributed by atoms with van der Waals surface area (Å²) < 4.78 is 15.0. The summed E-state index contributed by atoms with van der Waals surface area (Å²) in [6.07, 6.45) is 2.22. The first-order valence-electron chi connectivity index (χ1n) is 6.76. The van der Waals surface area contributed by atoms with Crippen molar-refractivity contribution in [1.29, 1.82) is 0 Å². The first-order chi connectivity index (χ1) is 10.6. The Morgan fingerprint density at radius 1 is 1.55 bits per heavy atom. The van der Waals surface area contributed by atoms with Crippen molar-refractivity contribution in [2.75, 3.05) is 18.5 Å². The number of ether oxygens (including phenoxy) is 2. The summed E-state index contributed by atoms with van der Waals surface area (Å²) in [6, 6.07) is 3.35. The lowest BCUT2D eigenvalue weighted by atomic mass is 10.2. The average molecular weight is 340 g/mol. The molecule has 1 aliphatic rings. The Morgan fingerprint density at radius 3 is 3.05 bits per heavy atom. The van der Waals surface area contributed by atoms with Crippen molar-refractivity contribution in [3.05, 3.63) is 34.6 Å². The molecule has 1 aliphatic heterocycles. The lowest BCUT2D eigenvalue weighted by molar-refractivity contribution is 0.102. The largest absolute Gasteiger partial charge is 0.471 e. The van der Waals surface area contributed by atoms with Gasteiger partial charge < -0.3 is 14.8 Å². The number of carbonyl (C=O) groups is 1. The van der Waals surface area contributed by atoms with Crippen LogP contribution in [0.3, 0.4) is 0 Å². The minimum Gasteiger partial charge on any atom is -0.471 e. The van der Waals surface area contributed by atoms with Crippen LogP contribution in [0.5, 0.6) is 5.88 Å². The van der Waals surface area contributed by atoms with E-state index >= 15 is 0 Å². The fraction of sp³-hybridized carbons (Fsp3) is 0.357. The van der Waals surface area contributed by atoms with Crippen molar-refractivity contribution in [2.45, 2.75) is 19.4 Å². The second kappa shape index (κ2) is 6.60. The van der Waals surface area contributed by atoms with Crippen LogP contribution in [-0.2, 0) is 4.74 Å². The summed E-state index contributed by atoms with van der Waals surface area (Å²) in [5.41, 5.74) is 1.23. The second-order valence-electron chi connectivity index (χ2n) is 4.90. The topological polar surface area (TPSA) is 73.3 Å². The van der Waals surface area contributed by atoms with E-state index in [1.165, 1.54) is 17.7 Å². The highest BCUT2D eigenvalue weighted by Gasteiger charge is 2.20. The van der Waals surface area contributed by atoms with Gasteiger partial charge in [0, 0.05) is 12.6 Å². The fourth-order valence-electron chi connectivity index (χ4n) is 2.01. The molecule has 8 heteroatoms. The highest BCUT2D eigenvalue weighted by atomic mass is 35.5. The van der Waals surface area contributed by atoms with Crippen LogP contribution >= 0.6 is 23.1 Å². The lowest BCUT2D eigenvalue weighted by Crippen LogP contribution is -2.17. The molecule has 1 atom stereocenters. The Kier molecular flexibility index (Phi) is 4.56. The van der Waals surface area contributed by atoms with Crippen molar-refractivity contribution < 1.29 is 14.3 Å². The number of pyridine rings is 1. The molecule has 3 rings (SSSR count). The monoisotopic (exact) mass is 339 g/mol. The molecule has 0 unspecified atom stereocenters. The second-order valence-corrected chi connectivity index (χ2v) is 6.11. The number of hydrogen-bond acceptors (Lipinski definition) is 6. The summed E-state index contributed by atoms with van der Waals surface area (Å²) in [7, 11) is 0. The van der Waals surface area contributed by atoms with E-state index in [0.717, 1.165) is 12.1 Å². The molecule has 0 saturated carbocycles. The van der Waals surface area contributed by atoms with E-state index in [0.29, 0.717) is 34.7 Å². The van der Waals surface area contributed by atoms with Crippen molar-refractivity contribution in [1.82, 2.24) is 9.36 Å². The number of nitrogens with one attached hydrogen (secondary N) is 1. The molecule has 6 nitrogen and oxygen atoms in total. The van der Waals surface area contributed by atoms with E-state index in [4.69, 9.17) is 21.1 Å². The zero-order valence-electron chi connectivity index (χ0n) is 11.8. The number of carbonyl (C=O) groups excluding carboxylic acids is 1. The minimum absolute atomic E-state index is 0.0372. The van der Waals surface area contributed by atoms with Crippen LogP contribution in [0.15, 0.2) is 18.3 Å². The highest BCUT2D eigenvalue weighted by Crippen LogP contribution is 2.26. The summed E-state index contributed by atoms with van der Waals surface area (Å²) in [5.74, 6) is 0.0381. The Bertz CT molecular complexity index is 686. The summed E-state index contributed by atoms with van der Waals surface area (Å²) >= 11 is 7.37. The molecule has 1 N–H and O–H groups in total. The van der Waals surface area contributed by atoms with Gasteiger partial charge in [0.1, 0.15) is 16.1 Å². The molecule has 2 aromatic heterocycles. The van der Waals surface area contributed by atoms with Gasteiger partial charge in [0.2, 0.25) is 5.88 Å². The zero-order valence-corrected chi connectivity index (χ0v) is 13.4. The van der Waals surface area contributed by atoms with E-state index in [-0.39, 0.29) is 12.0 Å². The molecule has 1 fully saturated rings. The maximum absolute atomic E-state index is 12.1. The molecule has 3 heterocycles. The van der Waals surface area contributed by atoms with Crippen LogP contribution in [-0.4, -0.2) is 34.6 Å². The van der Waals surface area contributed by atoms with E-state index in [2.05, 4.69) is 14.7 Å². The van der Waals surface area contributed by atoms with Gasteiger partial charge in [-0.05, 0) is 30.6 Å². The Balaban J connectivity index is 1.69. The van der Waals surface area contributed by atoms with Crippen LogP contribution in [0.25, 0.3) is 0 Å². The van der Waals surface area contributed by atoms with Crippen LogP contribution in [0, 0.1) is 6.92 Å². The molecule has 0 spiro atoms. The van der Waals surface area contributed by atoms with Gasteiger partial charge in [0.05, 0.1) is 24.5 Å². The SMILES string of the molecule is Cc1cc(NC(=O)c2cnc(O[C@@H]3CCOC3)c(Cl)c2)sn1. The predicted molar refractivity (Wildman–Crippen MR) is 83.9 cm³/mol. The number of halogens is 1. The maximum atomic E-state index is 12.1. The Hall–Kier alpha value is -1.70. The minimum atomic E-state index is -0.284. The Labute approximate surface area is 136 Å². The maximum Gasteiger partial charge on any atom is 0.257 e. The van der Waals surface area contributed by atoms with Crippen LogP contribution in [0.1, 0.15) is 22.5 Å². The summed E-state index contributed by atoms with van der Waals surface area (Å²) in [6.45, 7) is 3.07. The van der Waals surface area contributed by atoms with Gasteiger partial charge in [0.25, 0.3) is 5.91 Å². The lowest BCUT2D eigenvalue weighted by Gasteiger charge is -2.12. The van der Waals surface area contributed by atoms with E-state index in [9.17, 15) is 4.79 Å². The van der Waals surface area contributed by atoms with Crippen molar-refractivity contribution in [2.24, 2.45) is 0 Å². The number of aryl methyl sites for hydroxylation is 1. The normalized spacial score (nSPS) is 17.5. The van der Waals surface area contributed by atoms with Crippen LogP contribution in [0.2, 0.25) is 5.02 Å². The van der Waals surface area contributed by atoms with Gasteiger partial charge >= 0.3 is 0 Å². The van der Waals surface area contributed by atoms with Gasteiger partial charge in [-0.15, -0.1) is 0 Å². The highest BCUT2D eigenvalue weighted by molar-refractivity contribution is 7.10. The van der Waals surface area contributed by atoms with Gasteiger partial charge in [-0.2, -0.15) is 4.37 Å². The number of aromatic nitrogens is 2. The molecule has 1 amide bonds. The molecule has 0 aliphatic carbocycles. The van der Waals surface area contributed by atoms with Crippen molar-refractivity contribution in [3.63, 3.8) is 0 Å². The van der Waals surface area contributed by atoms with Crippen LogP contribution in [0.4, 0.5) is 5.00 Å². The number of anilines is 1. The number of rotatable bonds is 4. The molecule has 22 heavy (non-hydrogen) atoms. The summed E-state index contributed by atoms with van der Waals surface area (Å²) in [4.78, 5) is 16.3. The zero-order chi connectivity index (χ0) is 15.5. The van der Waals surface area contributed by atoms with Gasteiger partial charge in [0.15, 0.2) is 0 Å². The number of hydrogen-bond donors (Lipinski definition) is 1. The first kappa shape index (κ1) is 15.2. The third-order valence-corrected chi connectivity index (χ3v) is 4.17. The Morgan fingerprint density at radius 2 is 2.41 bits per heavy atom. The average Bonchev–Trinajstić information content (AvgIpc) is 3.13. The first-order valence-corrected chi connectivity index (χ1v) is 7.91. The smallest absolute Gasteiger partial charge is 0.257 e. The molecule has 116 valence electrons. The van der Waals surface area contributed by atoms with Crippen LogP contribution < -0.4 is 10.1 Å². The van der Waals surface area contributed by atoms with E-state index in [1.807, 2.05) is 6.92 Å². The van der Waals surface area contributed by atoms with E-state index in [1.54, 1.807) is 12.1 Å². The molecular formula is C14H14ClN3O3S. The van der Waals surface area contributed by atoms with Crippen molar-refractivity contribution in [3.8, 4) is 5.88 Å². The molecule has 0 bridgehead atoms. The van der Waals surface area contributed by atoms with E-state index < -0.39 is 0 Å². The number of amides is 1. The third-order valence-electron chi connectivity index (χ3n) is 3.10.